The molecule has 2 N–H and O–H groups in total. The quantitative estimate of drug-likeness (QED) is 0.365. The van der Waals surface area contributed by atoms with Crippen molar-refractivity contribution in [1.82, 2.24) is 10.6 Å². The average Bonchev–Trinajstić information content (AvgIpc) is 2.49. The minimum absolute atomic E-state index is 0.136. The highest BCUT2D eigenvalue weighted by atomic mass is 35.5. The van der Waals surface area contributed by atoms with Crippen LogP contribution in [0.4, 0.5) is 0 Å². The topological polar surface area (TPSA) is 79.8 Å². The molecule has 0 aliphatic rings. The lowest BCUT2D eigenvalue weighted by Crippen LogP contribution is -2.41. The van der Waals surface area contributed by atoms with Crippen LogP contribution >= 0.6 is 34.8 Å². The van der Waals surface area contributed by atoms with Gasteiger partial charge in [0.1, 0.15) is 6.61 Å². The molecule has 0 amide bonds. The van der Waals surface area contributed by atoms with E-state index in [-0.39, 0.29) is 13.2 Å². The molecule has 0 spiro atoms. The lowest BCUT2D eigenvalue weighted by Gasteiger charge is -2.21. The van der Waals surface area contributed by atoms with E-state index in [4.69, 9.17) is 39.5 Å². The molecule has 0 fully saturated rings. The number of rotatable bonds is 8. The van der Waals surface area contributed by atoms with Gasteiger partial charge in [0.05, 0.1) is 27.9 Å². The van der Waals surface area contributed by atoms with E-state index in [0.717, 1.165) is 0 Å². The molecule has 10 heteroatoms. The van der Waals surface area contributed by atoms with Crippen LogP contribution < -0.4 is 15.4 Å². The summed E-state index contributed by atoms with van der Waals surface area (Å²) in [5.74, 6) is 0.862. The van der Waals surface area contributed by atoms with Gasteiger partial charge in [-0.3, -0.25) is 4.99 Å². The Morgan fingerprint density at radius 3 is 2.27 bits per heavy atom. The van der Waals surface area contributed by atoms with Crippen molar-refractivity contribution in [2.45, 2.75) is 25.5 Å². The molecule has 0 heterocycles. The first kappa shape index (κ1) is 23.1. The van der Waals surface area contributed by atoms with Crippen molar-refractivity contribution in [3.05, 3.63) is 27.2 Å². The maximum atomic E-state index is 11.8. The molecule has 1 rings (SSSR count). The fourth-order valence-electron chi connectivity index (χ4n) is 1.72. The Hall–Kier alpha value is -0.890. The van der Waals surface area contributed by atoms with Crippen LogP contribution in [0.2, 0.25) is 15.1 Å². The SMILES string of the molecule is CCNC(=NCC(C)(C)S(C)(=O)=O)NCCOc1c(Cl)cc(Cl)cc1Cl. The monoisotopic (exact) mass is 443 g/mol. The zero-order chi connectivity index (χ0) is 20.0. The molecule has 0 bridgehead atoms. The van der Waals surface area contributed by atoms with E-state index in [1.54, 1.807) is 26.0 Å². The molecule has 6 nitrogen and oxygen atoms in total. The van der Waals surface area contributed by atoms with Gasteiger partial charge in [0.15, 0.2) is 21.5 Å². The van der Waals surface area contributed by atoms with Gasteiger partial charge in [-0.15, -0.1) is 0 Å². The van der Waals surface area contributed by atoms with E-state index >= 15 is 0 Å². The molecule has 0 aliphatic carbocycles. The van der Waals surface area contributed by atoms with Gasteiger partial charge >= 0.3 is 0 Å². The summed E-state index contributed by atoms with van der Waals surface area (Å²) >= 11 is 18.0. The highest BCUT2D eigenvalue weighted by Gasteiger charge is 2.29. The van der Waals surface area contributed by atoms with Gasteiger partial charge in [-0.05, 0) is 32.9 Å². The molecule has 0 unspecified atom stereocenters. The maximum Gasteiger partial charge on any atom is 0.191 e. The first-order valence-corrected chi connectivity index (χ1v) is 11.0. The molecule has 0 aromatic heterocycles. The molecule has 0 saturated carbocycles. The first-order valence-electron chi connectivity index (χ1n) is 7.97. The van der Waals surface area contributed by atoms with Crippen LogP contribution in [-0.4, -0.2) is 51.6 Å². The van der Waals surface area contributed by atoms with Crippen molar-refractivity contribution in [3.8, 4) is 5.75 Å². The summed E-state index contributed by atoms with van der Waals surface area (Å²) < 4.78 is 28.2. The summed E-state index contributed by atoms with van der Waals surface area (Å²) in [6.07, 6.45) is 1.20. The number of nitrogens with one attached hydrogen (secondary N) is 2. The second-order valence-electron chi connectivity index (χ2n) is 6.20. The Morgan fingerprint density at radius 1 is 1.19 bits per heavy atom. The Morgan fingerprint density at radius 2 is 1.77 bits per heavy atom. The molecule has 0 aliphatic heterocycles. The lowest BCUT2D eigenvalue weighted by molar-refractivity contribution is 0.322. The summed E-state index contributed by atoms with van der Waals surface area (Å²) in [6, 6.07) is 3.10. The Kier molecular flexibility index (Phi) is 8.79. The largest absolute Gasteiger partial charge is 0.489 e. The van der Waals surface area contributed by atoms with E-state index in [1.165, 1.54) is 6.26 Å². The lowest BCUT2D eigenvalue weighted by atomic mass is 10.2. The minimum Gasteiger partial charge on any atom is -0.489 e. The minimum atomic E-state index is -3.21. The second-order valence-corrected chi connectivity index (χ2v) is 10.1. The number of hydrogen-bond donors (Lipinski definition) is 2. The number of aliphatic imine (C=N–C) groups is 1. The van der Waals surface area contributed by atoms with E-state index in [9.17, 15) is 8.42 Å². The van der Waals surface area contributed by atoms with Gasteiger partial charge in [-0.1, -0.05) is 34.8 Å². The third-order valence-electron chi connectivity index (χ3n) is 3.57. The smallest absolute Gasteiger partial charge is 0.191 e. The summed E-state index contributed by atoms with van der Waals surface area (Å²) in [4.78, 5) is 4.33. The second kappa shape index (κ2) is 9.88. The summed E-state index contributed by atoms with van der Waals surface area (Å²) in [5.41, 5.74) is 0. The van der Waals surface area contributed by atoms with Crippen molar-refractivity contribution in [1.29, 1.82) is 0 Å². The van der Waals surface area contributed by atoms with Gasteiger partial charge in [0.2, 0.25) is 0 Å². The normalized spacial score (nSPS) is 12.8. The molecule has 148 valence electrons. The number of ether oxygens (including phenoxy) is 1. The molecule has 26 heavy (non-hydrogen) atoms. The third kappa shape index (κ3) is 7.02. The summed E-state index contributed by atoms with van der Waals surface area (Å²) in [6.45, 7) is 6.67. The average molecular weight is 445 g/mol. The van der Waals surface area contributed by atoms with Crippen LogP contribution in [0.25, 0.3) is 0 Å². The Balaban J connectivity index is 2.63. The van der Waals surface area contributed by atoms with Crippen LogP contribution in [0, 0.1) is 0 Å². The zero-order valence-corrected chi connectivity index (χ0v) is 18.3. The molecule has 0 saturated heterocycles. The third-order valence-corrected chi connectivity index (χ3v) is 6.49. The predicted octanol–water partition coefficient (Wildman–Crippen LogP) is 3.40. The van der Waals surface area contributed by atoms with Crippen molar-refractivity contribution in [3.63, 3.8) is 0 Å². The van der Waals surface area contributed by atoms with E-state index in [1.807, 2.05) is 6.92 Å². The van der Waals surface area contributed by atoms with Gasteiger partial charge in [-0.25, -0.2) is 8.42 Å². The van der Waals surface area contributed by atoms with E-state index < -0.39 is 14.6 Å². The molecule has 1 aromatic carbocycles. The number of nitrogens with zero attached hydrogens (tertiary/aromatic N) is 1. The van der Waals surface area contributed by atoms with Gasteiger partial charge in [-0.2, -0.15) is 0 Å². The van der Waals surface area contributed by atoms with Crippen molar-refractivity contribution < 1.29 is 13.2 Å². The van der Waals surface area contributed by atoms with Crippen LogP contribution in [-0.2, 0) is 9.84 Å². The standard InChI is InChI=1S/C16H24Cl3N3O3S/c1-5-20-15(22-10-16(2,3)26(4,23)24)21-6-7-25-14-12(18)8-11(17)9-13(14)19/h8-9H,5-7,10H2,1-4H3,(H2,20,21,22). The van der Waals surface area contributed by atoms with Gasteiger partial charge < -0.3 is 15.4 Å². The van der Waals surface area contributed by atoms with Gasteiger partial charge in [0.25, 0.3) is 0 Å². The van der Waals surface area contributed by atoms with Crippen LogP contribution in [0.3, 0.4) is 0 Å². The highest BCUT2D eigenvalue weighted by molar-refractivity contribution is 7.92. The number of hydrogen-bond acceptors (Lipinski definition) is 4. The number of guanidine groups is 1. The van der Waals surface area contributed by atoms with Crippen molar-refractivity contribution >= 4 is 50.6 Å². The van der Waals surface area contributed by atoms with Crippen LogP contribution in [0.1, 0.15) is 20.8 Å². The molecule has 0 radical (unpaired) electrons. The first-order chi connectivity index (χ1) is 12.0. The Bertz CT molecular complexity index is 729. The van der Waals surface area contributed by atoms with Crippen molar-refractivity contribution in [2.75, 3.05) is 32.5 Å². The number of benzene rings is 1. The highest BCUT2D eigenvalue weighted by Crippen LogP contribution is 2.35. The van der Waals surface area contributed by atoms with E-state index in [0.29, 0.717) is 39.9 Å². The maximum absolute atomic E-state index is 11.8. The van der Waals surface area contributed by atoms with Crippen LogP contribution in [0.5, 0.6) is 5.75 Å². The summed E-state index contributed by atoms with van der Waals surface area (Å²) in [5, 5.41) is 7.22. The van der Waals surface area contributed by atoms with Crippen molar-refractivity contribution in [2.24, 2.45) is 4.99 Å². The molecular formula is C16H24Cl3N3O3S. The molecule has 1 aromatic rings. The van der Waals surface area contributed by atoms with Gasteiger partial charge in [0, 0.05) is 17.8 Å². The van der Waals surface area contributed by atoms with Crippen LogP contribution in [0.15, 0.2) is 17.1 Å². The molecular weight excluding hydrogens is 421 g/mol. The fraction of sp³-hybridized carbons (Fsp3) is 0.562. The summed E-state index contributed by atoms with van der Waals surface area (Å²) in [7, 11) is -3.21. The predicted molar refractivity (Wildman–Crippen MR) is 110 cm³/mol. The Labute approximate surface area is 170 Å². The zero-order valence-electron chi connectivity index (χ0n) is 15.2. The number of halogens is 3. The fourth-order valence-corrected chi connectivity index (χ4v) is 2.94. The number of sulfone groups is 1. The van der Waals surface area contributed by atoms with E-state index in [2.05, 4.69) is 15.6 Å². The molecule has 0 atom stereocenters.